The molecule has 0 atom stereocenters. The predicted molar refractivity (Wildman–Crippen MR) is 93.8 cm³/mol. The summed E-state index contributed by atoms with van der Waals surface area (Å²) in [5.41, 5.74) is 2.69. The van der Waals surface area contributed by atoms with Crippen molar-refractivity contribution in [2.45, 2.75) is 33.6 Å². The Labute approximate surface area is 139 Å². The summed E-state index contributed by atoms with van der Waals surface area (Å²) in [5, 5.41) is 13.0. The Balaban J connectivity index is 1.75. The van der Waals surface area contributed by atoms with Gasteiger partial charge in [-0.1, -0.05) is 32.0 Å². The molecule has 120 valence electrons. The van der Waals surface area contributed by atoms with E-state index in [9.17, 15) is 4.79 Å². The summed E-state index contributed by atoms with van der Waals surface area (Å²) in [7, 11) is 0. The third kappa shape index (κ3) is 3.59. The lowest BCUT2D eigenvalue weighted by Crippen LogP contribution is -2.15. The van der Waals surface area contributed by atoms with Crippen molar-refractivity contribution >= 4 is 33.1 Å². The fourth-order valence-corrected chi connectivity index (χ4v) is 3.44. The van der Waals surface area contributed by atoms with Gasteiger partial charge in [-0.05, 0) is 25.3 Å². The Bertz CT molecular complexity index is 834. The van der Waals surface area contributed by atoms with E-state index in [0.717, 1.165) is 38.7 Å². The van der Waals surface area contributed by atoms with Crippen molar-refractivity contribution in [3.05, 3.63) is 40.7 Å². The maximum absolute atomic E-state index is 12.4. The normalized spacial score (nSPS) is 11.3. The summed E-state index contributed by atoms with van der Waals surface area (Å²) >= 11 is 1.53. The molecule has 0 spiro atoms. The van der Waals surface area contributed by atoms with Crippen LogP contribution in [0.5, 0.6) is 0 Å². The molecule has 0 aliphatic carbocycles. The number of fused-ring (bicyclic) bond motifs is 1. The topological polar surface area (TPSA) is 70.7 Å². The monoisotopic (exact) mass is 328 g/mol. The summed E-state index contributed by atoms with van der Waals surface area (Å²) < 4.78 is 0. The Morgan fingerprint density at radius 1 is 1.35 bits per heavy atom. The largest absolute Gasteiger partial charge is 0.316 e. The van der Waals surface area contributed by atoms with Gasteiger partial charge in [0.15, 0.2) is 0 Å². The molecule has 1 amide bonds. The smallest absolute Gasteiger partial charge is 0.231 e. The highest BCUT2D eigenvalue weighted by Crippen LogP contribution is 2.26. The standard InChI is InChI=1S/C17H20N4OS/c1-10(2)8-15-17(23-11(3)18-15)19-16(22)9-14-12-6-4-5-7-13(12)20-21-14/h4-7,10H,8-9H2,1-3H3,(H,19,22)(H,20,21). The maximum Gasteiger partial charge on any atom is 0.231 e. The second-order valence-electron chi connectivity index (χ2n) is 6.05. The van der Waals surface area contributed by atoms with Gasteiger partial charge in [0.05, 0.1) is 28.3 Å². The van der Waals surface area contributed by atoms with E-state index >= 15 is 0 Å². The Morgan fingerprint density at radius 2 is 2.13 bits per heavy atom. The van der Waals surface area contributed by atoms with Crippen molar-refractivity contribution in [1.29, 1.82) is 0 Å². The summed E-state index contributed by atoms with van der Waals surface area (Å²) in [6, 6.07) is 7.79. The van der Waals surface area contributed by atoms with Crippen molar-refractivity contribution in [3.63, 3.8) is 0 Å². The number of hydrogen-bond donors (Lipinski definition) is 2. The zero-order chi connectivity index (χ0) is 16.4. The number of carbonyl (C=O) groups excluding carboxylic acids is 1. The van der Waals surface area contributed by atoms with Crippen LogP contribution < -0.4 is 5.32 Å². The quantitative estimate of drug-likeness (QED) is 0.750. The first-order chi connectivity index (χ1) is 11.0. The number of aromatic amines is 1. The van der Waals surface area contributed by atoms with Crippen LogP contribution >= 0.6 is 11.3 Å². The van der Waals surface area contributed by atoms with Crippen molar-refractivity contribution in [2.24, 2.45) is 5.92 Å². The molecule has 3 rings (SSSR count). The number of amides is 1. The van der Waals surface area contributed by atoms with Crippen LogP contribution in [-0.4, -0.2) is 21.1 Å². The number of nitrogens with one attached hydrogen (secondary N) is 2. The van der Waals surface area contributed by atoms with Gasteiger partial charge < -0.3 is 5.32 Å². The van der Waals surface area contributed by atoms with Crippen molar-refractivity contribution in [1.82, 2.24) is 15.2 Å². The molecule has 5 nitrogen and oxygen atoms in total. The first-order valence-electron chi connectivity index (χ1n) is 7.71. The zero-order valence-corrected chi connectivity index (χ0v) is 14.3. The van der Waals surface area contributed by atoms with Crippen LogP contribution in [-0.2, 0) is 17.6 Å². The van der Waals surface area contributed by atoms with Gasteiger partial charge in [0.2, 0.25) is 5.91 Å². The second kappa shape index (κ2) is 6.50. The van der Waals surface area contributed by atoms with E-state index in [4.69, 9.17) is 0 Å². The van der Waals surface area contributed by atoms with Crippen LogP contribution in [0.3, 0.4) is 0 Å². The van der Waals surface area contributed by atoms with Gasteiger partial charge in [-0.25, -0.2) is 4.98 Å². The highest BCUT2D eigenvalue weighted by Gasteiger charge is 2.15. The molecule has 1 aromatic carbocycles. The zero-order valence-electron chi connectivity index (χ0n) is 13.5. The third-order valence-electron chi connectivity index (χ3n) is 3.54. The number of para-hydroxylation sites is 1. The molecule has 0 saturated carbocycles. The Morgan fingerprint density at radius 3 is 2.91 bits per heavy atom. The number of hydrogen-bond acceptors (Lipinski definition) is 4. The Hall–Kier alpha value is -2.21. The van der Waals surface area contributed by atoms with Gasteiger partial charge in [-0.2, -0.15) is 5.10 Å². The van der Waals surface area contributed by atoms with Gasteiger partial charge >= 0.3 is 0 Å². The molecule has 2 heterocycles. The van der Waals surface area contributed by atoms with E-state index in [-0.39, 0.29) is 12.3 Å². The lowest BCUT2D eigenvalue weighted by Gasteiger charge is -2.06. The molecule has 6 heteroatoms. The summed E-state index contributed by atoms with van der Waals surface area (Å²) in [4.78, 5) is 16.9. The van der Waals surface area contributed by atoms with Gasteiger partial charge in [0, 0.05) is 5.39 Å². The molecule has 23 heavy (non-hydrogen) atoms. The SMILES string of the molecule is Cc1nc(CC(C)C)c(NC(=O)Cc2[nH]nc3ccccc23)s1. The number of thiazole rings is 1. The number of aromatic nitrogens is 3. The number of carbonyl (C=O) groups is 1. The molecule has 0 radical (unpaired) electrons. The molecule has 3 aromatic rings. The van der Waals surface area contributed by atoms with Crippen LogP contribution in [0.2, 0.25) is 0 Å². The molecule has 0 fully saturated rings. The number of benzene rings is 1. The lowest BCUT2D eigenvalue weighted by molar-refractivity contribution is -0.115. The van der Waals surface area contributed by atoms with Crippen LogP contribution in [0.1, 0.15) is 30.2 Å². The number of H-pyrrole nitrogens is 1. The molecule has 0 aliphatic heterocycles. The van der Waals surface area contributed by atoms with E-state index in [1.54, 1.807) is 0 Å². The highest BCUT2D eigenvalue weighted by molar-refractivity contribution is 7.16. The minimum absolute atomic E-state index is 0.0481. The molecule has 2 aromatic heterocycles. The number of anilines is 1. The van der Waals surface area contributed by atoms with Crippen molar-refractivity contribution < 1.29 is 4.79 Å². The van der Waals surface area contributed by atoms with Crippen LogP contribution in [0.25, 0.3) is 10.9 Å². The average Bonchev–Trinajstić information content (AvgIpc) is 3.03. The van der Waals surface area contributed by atoms with E-state index in [1.807, 2.05) is 31.2 Å². The highest BCUT2D eigenvalue weighted by atomic mass is 32.1. The average molecular weight is 328 g/mol. The van der Waals surface area contributed by atoms with Gasteiger partial charge in [0.25, 0.3) is 0 Å². The fourth-order valence-electron chi connectivity index (χ4n) is 2.57. The molecule has 0 unspecified atom stereocenters. The van der Waals surface area contributed by atoms with E-state index in [1.165, 1.54) is 11.3 Å². The molecular weight excluding hydrogens is 308 g/mol. The maximum atomic E-state index is 12.4. The van der Waals surface area contributed by atoms with Gasteiger partial charge in [-0.15, -0.1) is 11.3 Å². The van der Waals surface area contributed by atoms with Gasteiger partial charge in [0.1, 0.15) is 5.00 Å². The molecule has 0 bridgehead atoms. The van der Waals surface area contributed by atoms with Crippen molar-refractivity contribution in [3.8, 4) is 0 Å². The van der Waals surface area contributed by atoms with Crippen molar-refractivity contribution in [2.75, 3.05) is 5.32 Å². The third-order valence-corrected chi connectivity index (χ3v) is 4.47. The van der Waals surface area contributed by atoms with E-state index in [2.05, 4.69) is 34.3 Å². The first kappa shape index (κ1) is 15.7. The van der Waals surface area contributed by atoms with Crippen LogP contribution in [0.4, 0.5) is 5.00 Å². The summed E-state index contributed by atoms with van der Waals surface area (Å²) in [6.07, 6.45) is 1.14. The van der Waals surface area contributed by atoms with Crippen LogP contribution in [0, 0.1) is 12.8 Å². The molecule has 2 N–H and O–H groups in total. The molecular formula is C17H20N4OS. The van der Waals surface area contributed by atoms with E-state index in [0.29, 0.717) is 5.92 Å². The predicted octanol–water partition coefficient (Wildman–Crippen LogP) is 3.71. The number of nitrogens with zero attached hydrogens (tertiary/aromatic N) is 2. The number of aryl methyl sites for hydroxylation is 1. The van der Waals surface area contributed by atoms with Crippen LogP contribution in [0.15, 0.2) is 24.3 Å². The van der Waals surface area contributed by atoms with E-state index < -0.39 is 0 Å². The first-order valence-corrected chi connectivity index (χ1v) is 8.52. The minimum Gasteiger partial charge on any atom is -0.316 e. The summed E-state index contributed by atoms with van der Waals surface area (Å²) in [6.45, 7) is 6.26. The summed E-state index contributed by atoms with van der Waals surface area (Å²) in [5.74, 6) is 0.455. The molecule has 0 saturated heterocycles. The Kier molecular flexibility index (Phi) is 4.43. The van der Waals surface area contributed by atoms with Gasteiger partial charge in [-0.3, -0.25) is 9.89 Å². The molecule has 0 aliphatic rings. The second-order valence-corrected chi connectivity index (χ2v) is 7.25. The lowest BCUT2D eigenvalue weighted by atomic mass is 10.1. The number of rotatable bonds is 5. The fraction of sp³-hybridized carbons (Fsp3) is 0.353. The minimum atomic E-state index is -0.0481.